The molecular formula is C10H14OS. The second-order valence-corrected chi connectivity index (χ2v) is 4.72. The summed E-state index contributed by atoms with van der Waals surface area (Å²) in [6, 6.07) is 2.31. The minimum absolute atomic E-state index is 0.667. The Morgan fingerprint density at radius 3 is 3.00 bits per heavy atom. The van der Waals surface area contributed by atoms with Gasteiger partial charge in [0.15, 0.2) is 0 Å². The average Bonchev–Trinajstić information content (AvgIpc) is 2.46. The lowest BCUT2D eigenvalue weighted by Gasteiger charge is -2.10. The maximum Gasteiger partial charge on any atom is 0.0727 e. The fraction of sp³-hybridized carbons (Fsp3) is 0.600. The zero-order valence-electron chi connectivity index (χ0n) is 7.59. The van der Waals surface area contributed by atoms with E-state index in [1.54, 1.807) is 4.88 Å². The van der Waals surface area contributed by atoms with E-state index in [0.29, 0.717) is 5.92 Å². The third-order valence-corrected chi connectivity index (χ3v) is 3.75. The van der Waals surface area contributed by atoms with Gasteiger partial charge in [-0.15, -0.1) is 11.3 Å². The van der Waals surface area contributed by atoms with Crippen LogP contribution in [0.25, 0.3) is 0 Å². The summed E-state index contributed by atoms with van der Waals surface area (Å²) in [4.78, 5) is 3.05. The fourth-order valence-corrected chi connectivity index (χ4v) is 2.61. The van der Waals surface area contributed by atoms with E-state index in [1.165, 1.54) is 10.4 Å². The normalized spacial score (nSPS) is 16.6. The monoisotopic (exact) mass is 182 g/mol. The Kier molecular flexibility index (Phi) is 2.20. The first-order chi connectivity index (χ1) is 5.77. The smallest absolute Gasteiger partial charge is 0.0727 e. The third kappa shape index (κ3) is 1.41. The molecule has 12 heavy (non-hydrogen) atoms. The molecule has 0 saturated heterocycles. The van der Waals surface area contributed by atoms with Crippen LogP contribution in [-0.4, -0.2) is 6.61 Å². The predicted molar refractivity (Wildman–Crippen MR) is 51.8 cm³/mol. The zero-order valence-corrected chi connectivity index (χ0v) is 8.41. The van der Waals surface area contributed by atoms with Crippen molar-refractivity contribution in [3.8, 4) is 0 Å². The lowest BCUT2D eigenvalue weighted by molar-refractivity contribution is 0.112. The van der Waals surface area contributed by atoms with Gasteiger partial charge in [-0.3, -0.25) is 0 Å². The number of hydrogen-bond donors (Lipinski definition) is 0. The molecule has 0 fully saturated rings. The highest BCUT2D eigenvalue weighted by molar-refractivity contribution is 7.12. The summed E-state index contributed by atoms with van der Waals surface area (Å²) in [5.41, 5.74) is 1.43. The van der Waals surface area contributed by atoms with Gasteiger partial charge in [-0.1, -0.05) is 13.8 Å². The van der Waals surface area contributed by atoms with Crippen molar-refractivity contribution in [1.29, 1.82) is 0 Å². The summed E-state index contributed by atoms with van der Waals surface area (Å²) < 4.78 is 5.40. The van der Waals surface area contributed by atoms with Gasteiger partial charge in [0, 0.05) is 16.2 Å². The van der Waals surface area contributed by atoms with E-state index >= 15 is 0 Å². The molecule has 0 radical (unpaired) electrons. The van der Waals surface area contributed by atoms with Gasteiger partial charge in [-0.25, -0.2) is 0 Å². The van der Waals surface area contributed by atoms with Crippen LogP contribution < -0.4 is 0 Å². The SMILES string of the molecule is CC(C)c1cc2c(s1)CCOC2. The quantitative estimate of drug-likeness (QED) is 0.649. The maximum atomic E-state index is 5.40. The minimum atomic E-state index is 0.667. The van der Waals surface area contributed by atoms with Crippen LogP contribution in [0, 0.1) is 0 Å². The van der Waals surface area contributed by atoms with Crippen LogP contribution in [0.3, 0.4) is 0 Å². The minimum Gasteiger partial charge on any atom is -0.376 e. The molecule has 0 spiro atoms. The van der Waals surface area contributed by atoms with Gasteiger partial charge in [0.05, 0.1) is 13.2 Å². The Labute approximate surface area is 77.4 Å². The molecule has 66 valence electrons. The maximum absolute atomic E-state index is 5.40. The summed E-state index contributed by atoms with van der Waals surface area (Å²) in [6.07, 6.45) is 1.12. The second-order valence-electron chi connectivity index (χ2n) is 3.55. The van der Waals surface area contributed by atoms with Crippen molar-refractivity contribution in [2.45, 2.75) is 32.8 Å². The molecule has 2 heterocycles. The standard InChI is InChI=1S/C10H14OS/c1-7(2)10-5-8-6-11-4-3-9(8)12-10/h5,7H,3-4,6H2,1-2H3. The van der Waals surface area contributed by atoms with Crippen molar-refractivity contribution >= 4 is 11.3 Å². The molecule has 0 amide bonds. The molecule has 1 aromatic heterocycles. The first kappa shape index (κ1) is 8.27. The Morgan fingerprint density at radius 1 is 1.50 bits per heavy atom. The molecule has 2 rings (SSSR count). The molecule has 0 bridgehead atoms. The molecule has 0 saturated carbocycles. The summed E-state index contributed by atoms with van der Waals surface area (Å²) >= 11 is 1.96. The Balaban J connectivity index is 2.32. The highest BCUT2D eigenvalue weighted by Gasteiger charge is 2.14. The van der Waals surface area contributed by atoms with Crippen molar-refractivity contribution in [2.75, 3.05) is 6.61 Å². The molecule has 0 unspecified atom stereocenters. The Bertz CT molecular complexity index is 252. The van der Waals surface area contributed by atoms with Gasteiger partial charge in [0.2, 0.25) is 0 Å². The number of fused-ring (bicyclic) bond motifs is 1. The summed E-state index contributed by atoms with van der Waals surface area (Å²) in [7, 11) is 0. The van der Waals surface area contributed by atoms with Crippen LogP contribution in [0.15, 0.2) is 6.07 Å². The highest BCUT2D eigenvalue weighted by atomic mass is 32.1. The molecule has 1 aromatic rings. The molecule has 0 aromatic carbocycles. The van der Waals surface area contributed by atoms with Crippen LogP contribution in [0.5, 0.6) is 0 Å². The first-order valence-corrected chi connectivity index (χ1v) is 5.28. The van der Waals surface area contributed by atoms with Crippen LogP contribution in [0.1, 0.15) is 35.1 Å². The van der Waals surface area contributed by atoms with Gasteiger partial charge in [0.1, 0.15) is 0 Å². The van der Waals surface area contributed by atoms with E-state index in [4.69, 9.17) is 4.74 Å². The topological polar surface area (TPSA) is 9.23 Å². The number of hydrogen-bond acceptors (Lipinski definition) is 2. The summed E-state index contributed by atoms with van der Waals surface area (Å²) in [6.45, 7) is 6.24. The van der Waals surface area contributed by atoms with E-state index in [9.17, 15) is 0 Å². The molecule has 0 aliphatic carbocycles. The van der Waals surface area contributed by atoms with Crippen molar-refractivity contribution in [3.63, 3.8) is 0 Å². The second kappa shape index (κ2) is 3.19. The van der Waals surface area contributed by atoms with E-state index in [-0.39, 0.29) is 0 Å². The average molecular weight is 182 g/mol. The fourth-order valence-electron chi connectivity index (χ4n) is 1.45. The van der Waals surface area contributed by atoms with Crippen molar-refractivity contribution < 1.29 is 4.74 Å². The Morgan fingerprint density at radius 2 is 2.33 bits per heavy atom. The van der Waals surface area contributed by atoms with E-state index in [2.05, 4.69) is 19.9 Å². The third-order valence-electron chi connectivity index (χ3n) is 2.22. The molecular weight excluding hydrogens is 168 g/mol. The molecule has 1 aliphatic heterocycles. The van der Waals surface area contributed by atoms with Crippen molar-refractivity contribution in [1.82, 2.24) is 0 Å². The van der Waals surface area contributed by atoms with E-state index in [0.717, 1.165) is 19.6 Å². The lowest BCUT2D eigenvalue weighted by Crippen LogP contribution is -2.05. The van der Waals surface area contributed by atoms with Crippen LogP contribution in [0.2, 0.25) is 0 Å². The first-order valence-electron chi connectivity index (χ1n) is 4.46. The molecule has 0 atom stereocenters. The van der Waals surface area contributed by atoms with Gasteiger partial charge < -0.3 is 4.74 Å². The lowest BCUT2D eigenvalue weighted by atomic mass is 10.1. The van der Waals surface area contributed by atoms with Crippen molar-refractivity contribution in [3.05, 3.63) is 21.4 Å². The predicted octanol–water partition coefficient (Wildman–Crippen LogP) is 2.94. The van der Waals surface area contributed by atoms with E-state index in [1.807, 2.05) is 11.3 Å². The summed E-state index contributed by atoms with van der Waals surface area (Å²) in [5, 5.41) is 0. The van der Waals surface area contributed by atoms with Gasteiger partial charge >= 0.3 is 0 Å². The van der Waals surface area contributed by atoms with Crippen molar-refractivity contribution in [2.24, 2.45) is 0 Å². The molecule has 2 heteroatoms. The molecule has 1 nitrogen and oxygen atoms in total. The number of ether oxygens (including phenoxy) is 1. The molecule has 1 aliphatic rings. The Hall–Kier alpha value is -0.340. The number of thiophene rings is 1. The largest absolute Gasteiger partial charge is 0.376 e. The van der Waals surface area contributed by atoms with E-state index < -0.39 is 0 Å². The molecule has 0 N–H and O–H groups in total. The van der Waals surface area contributed by atoms with Gasteiger partial charge in [0.25, 0.3) is 0 Å². The van der Waals surface area contributed by atoms with Gasteiger partial charge in [-0.05, 0) is 17.5 Å². The van der Waals surface area contributed by atoms with Crippen LogP contribution in [0.4, 0.5) is 0 Å². The number of rotatable bonds is 1. The van der Waals surface area contributed by atoms with Crippen LogP contribution in [-0.2, 0) is 17.8 Å². The van der Waals surface area contributed by atoms with Gasteiger partial charge in [-0.2, -0.15) is 0 Å². The zero-order chi connectivity index (χ0) is 8.55. The highest BCUT2D eigenvalue weighted by Crippen LogP contribution is 2.31. The summed E-state index contributed by atoms with van der Waals surface area (Å²) in [5.74, 6) is 0.667. The van der Waals surface area contributed by atoms with Crippen LogP contribution >= 0.6 is 11.3 Å².